The first-order valence-corrected chi connectivity index (χ1v) is 6.10. The Kier molecular flexibility index (Phi) is 3.28. The highest BCUT2D eigenvalue weighted by Gasteiger charge is 2.09. The van der Waals surface area contributed by atoms with Crippen LogP contribution in [0.15, 0.2) is 40.3 Å². The van der Waals surface area contributed by atoms with Crippen LogP contribution in [0.4, 0.5) is 0 Å². The molecule has 0 saturated heterocycles. The third kappa shape index (κ3) is 2.73. The number of nitrogens with zero attached hydrogens (tertiary/aromatic N) is 1. The van der Waals surface area contributed by atoms with E-state index in [4.69, 9.17) is 0 Å². The number of ketones is 1. The second-order valence-electron chi connectivity index (χ2n) is 3.05. The second-order valence-corrected chi connectivity index (χ2v) is 4.88. The van der Waals surface area contributed by atoms with Crippen molar-refractivity contribution >= 4 is 33.0 Å². The molecule has 0 spiro atoms. The lowest BCUT2D eigenvalue weighted by Gasteiger charge is -1.96. The van der Waals surface area contributed by atoms with Gasteiger partial charge >= 0.3 is 0 Å². The zero-order chi connectivity index (χ0) is 10.7. The summed E-state index contributed by atoms with van der Waals surface area (Å²) in [5.74, 6) is 0.115. The van der Waals surface area contributed by atoms with Crippen molar-refractivity contribution < 1.29 is 4.79 Å². The minimum Gasteiger partial charge on any atom is -0.293 e. The van der Waals surface area contributed by atoms with Crippen LogP contribution in [0.5, 0.6) is 0 Å². The highest BCUT2D eigenvalue weighted by Crippen LogP contribution is 2.20. The lowest BCUT2D eigenvalue weighted by molar-refractivity contribution is 0.0996. The van der Waals surface area contributed by atoms with E-state index in [1.807, 2.05) is 29.6 Å². The molecule has 2 rings (SSSR count). The lowest BCUT2D eigenvalue weighted by atomic mass is 10.2. The first kappa shape index (κ1) is 10.5. The number of halogens is 1. The molecule has 0 radical (unpaired) electrons. The molecule has 0 aliphatic carbocycles. The maximum atomic E-state index is 11.8. The Hall–Kier alpha value is -1.000. The number of carbonyl (C=O) groups excluding carboxylic acids is 1. The fourth-order valence-corrected chi connectivity index (χ4v) is 2.58. The van der Waals surface area contributed by atoms with E-state index in [2.05, 4.69) is 20.9 Å². The quantitative estimate of drug-likeness (QED) is 0.808. The molecule has 2 nitrogen and oxygen atoms in total. The summed E-state index contributed by atoms with van der Waals surface area (Å²) >= 11 is 4.78. The molecule has 76 valence electrons. The molecule has 2 heterocycles. The monoisotopic (exact) mass is 281 g/mol. The van der Waals surface area contributed by atoms with Crippen LogP contribution in [-0.4, -0.2) is 10.8 Å². The standard InChI is InChI=1S/C11H8BrNOS/c12-8-5-11(15-7-8)10(14)6-9-3-1-2-4-13-9/h1-5,7H,6H2. The average molecular weight is 282 g/mol. The summed E-state index contributed by atoms with van der Waals surface area (Å²) in [6, 6.07) is 7.44. The van der Waals surface area contributed by atoms with Gasteiger partial charge < -0.3 is 0 Å². The second kappa shape index (κ2) is 4.68. The normalized spacial score (nSPS) is 10.2. The average Bonchev–Trinajstić information content (AvgIpc) is 2.66. The molecule has 0 unspecified atom stereocenters. The third-order valence-corrected chi connectivity index (χ3v) is 3.64. The summed E-state index contributed by atoms with van der Waals surface area (Å²) < 4.78 is 0.955. The summed E-state index contributed by atoms with van der Waals surface area (Å²) in [4.78, 5) is 16.7. The van der Waals surface area contributed by atoms with Gasteiger partial charge in [-0.3, -0.25) is 9.78 Å². The SMILES string of the molecule is O=C(Cc1ccccn1)c1cc(Br)cs1. The molecule has 0 aliphatic heterocycles. The molecule has 0 fully saturated rings. The molecule has 0 amide bonds. The highest BCUT2D eigenvalue weighted by atomic mass is 79.9. The number of aromatic nitrogens is 1. The Labute approximate surface area is 100 Å². The van der Waals surface area contributed by atoms with Crippen molar-refractivity contribution in [3.63, 3.8) is 0 Å². The van der Waals surface area contributed by atoms with E-state index in [9.17, 15) is 4.79 Å². The molecular formula is C11H8BrNOS. The maximum absolute atomic E-state index is 11.8. The summed E-state index contributed by atoms with van der Waals surface area (Å²) in [6.07, 6.45) is 2.07. The minimum atomic E-state index is 0.115. The Balaban J connectivity index is 2.11. The fraction of sp³-hybridized carbons (Fsp3) is 0.0909. The van der Waals surface area contributed by atoms with Crippen molar-refractivity contribution in [3.8, 4) is 0 Å². The van der Waals surface area contributed by atoms with Crippen molar-refractivity contribution in [2.24, 2.45) is 0 Å². The van der Waals surface area contributed by atoms with Gasteiger partial charge in [0.2, 0.25) is 0 Å². The molecule has 0 bridgehead atoms. The lowest BCUT2D eigenvalue weighted by Crippen LogP contribution is -2.02. The van der Waals surface area contributed by atoms with E-state index >= 15 is 0 Å². The third-order valence-electron chi connectivity index (χ3n) is 1.91. The molecule has 0 N–H and O–H groups in total. The number of Topliss-reactive ketones (excluding diaryl/α,β-unsaturated/α-hetero) is 1. The molecule has 2 aromatic heterocycles. The smallest absolute Gasteiger partial charge is 0.178 e. The van der Waals surface area contributed by atoms with Gasteiger partial charge in [-0.2, -0.15) is 0 Å². The molecular weight excluding hydrogens is 274 g/mol. The zero-order valence-corrected chi connectivity index (χ0v) is 10.2. The molecule has 0 saturated carbocycles. The fourth-order valence-electron chi connectivity index (χ4n) is 1.21. The molecule has 0 aliphatic rings. The van der Waals surface area contributed by atoms with E-state index in [0.717, 1.165) is 15.0 Å². The van der Waals surface area contributed by atoms with E-state index < -0.39 is 0 Å². The van der Waals surface area contributed by atoms with Crippen LogP contribution < -0.4 is 0 Å². The van der Waals surface area contributed by atoms with E-state index in [1.165, 1.54) is 11.3 Å². The van der Waals surface area contributed by atoms with Gasteiger partial charge in [-0.25, -0.2) is 0 Å². The van der Waals surface area contributed by atoms with Crippen molar-refractivity contribution in [2.75, 3.05) is 0 Å². The van der Waals surface area contributed by atoms with Gasteiger partial charge in [0, 0.05) is 21.7 Å². The van der Waals surface area contributed by atoms with Gasteiger partial charge in [0.1, 0.15) is 0 Å². The number of hydrogen-bond acceptors (Lipinski definition) is 3. The summed E-state index contributed by atoms with van der Waals surface area (Å²) in [5.41, 5.74) is 0.812. The van der Waals surface area contributed by atoms with Gasteiger partial charge in [0.25, 0.3) is 0 Å². The number of carbonyl (C=O) groups is 1. The topological polar surface area (TPSA) is 30.0 Å². The van der Waals surface area contributed by atoms with E-state index in [1.54, 1.807) is 6.20 Å². The number of rotatable bonds is 3. The van der Waals surface area contributed by atoms with Gasteiger partial charge in [0.15, 0.2) is 5.78 Å². The molecule has 15 heavy (non-hydrogen) atoms. The van der Waals surface area contributed by atoms with Gasteiger partial charge in [-0.05, 0) is 34.1 Å². The molecule has 2 aromatic rings. The number of hydrogen-bond donors (Lipinski definition) is 0. The Morgan fingerprint density at radius 1 is 1.47 bits per heavy atom. The van der Waals surface area contributed by atoms with Gasteiger partial charge in [-0.15, -0.1) is 11.3 Å². The Morgan fingerprint density at radius 2 is 2.33 bits per heavy atom. The largest absolute Gasteiger partial charge is 0.293 e. The van der Waals surface area contributed by atoms with E-state index in [-0.39, 0.29) is 5.78 Å². The van der Waals surface area contributed by atoms with Gasteiger partial charge in [-0.1, -0.05) is 6.07 Å². The van der Waals surface area contributed by atoms with Crippen molar-refractivity contribution in [3.05, 3.63) is 50.9 Å². The summed E-state index contributed by atoms with van der Waals surface area (Å²) in [6.45, 7) is 0. The zero-order valence-electron chi connectivity index (χ0n) is 7.81. The molecule has 0 aromatic carbocycles. The van der Waals surface area contributed by atoms with Gasteiger partial charge in [0.05, 0.1) is 11.3 Å². The molecule has 0 atom stereocenters. The van der Waals surface area contributed by atoms with Crippen molar-refractivity contribution in [1.82, 2.24) is 4.98 Å². The predicted octanol–water partition coefficient (Wildman–Crippen LogP) is 3.33. The Bertz CT molecular complexity index is 466. The van der Waals surface area contributed by atoms with Crippen LogP contribution in [0.2, 0.25) is 0 Å². The minimum absolute atomic E-state index is 0.115. The first-order valence-electron chi connectivity index (χ1n) is 4.43. The summed E-state index contributed by atoms with van der Waals surface area (Å²) in [7, 11) is 0. The van der Waals surface area contributed by atoms with Crippen LogP contribution in [0, 0.1) is 0 Å². The highest BCUT2D eigenvalue weighted by molar-refractivity contribution is 9.10. The van der Waals surface area contributed by atoms with Crippen molar-refractivity contribution in [2.45, 2.75) is 6.42 Å². The van der Waals surface area contributed by atoms with E-state index in [0.29, 0.717) is 6.42 Å². The molecule has 4 heteroatoms. The predicted molar refractivity (Wildman–Crippen MR) is 64.3 cm³/mol. The van der Waals surface area contributed by atoms with Crippen LogP contribution in [0.1, 0.15) is 15.4 Å². The Morgan fingerprint density at radius 3 is 2.93 bits per heavy atom. The maximum Gasteiger partial charge on any atom is 0.178 e. The number of thiophene rings is 1. The van der Waals surface area contributed by atoms with Crippen LogP contribution in [-0.2, 0) is 6.42 Å². The summed E-state index contributed by atoms with van der Waals surface area (Å²) in [5, 5.41) is 1.91. The van der Waals surface area contributed by atoms with Crippen molar-refractivity contribution in [1.29, 1.82) is 0 Å². The first-order chi connectivity index (χ1) is 7.25. The van der Waals surface area contributed by atoms with Crippen LogP contribution in [0.3, 0.4) is 0 Å². The number of pyridine rings is 1. The van der Waals surface area contributed by atoms with Crippen LogP contribution in [0.25, 0.3) is 0 Å². The van der Waals surface area contributed by atoms with Crippen LogP contribution >= 0.6 is 27.3 Å².